The van der Waals surface area contributed by atoms with E-state index < -0.39 is 10.0 Å². The summed E-state index contributed by atoms with van der Waals surface area (Å²) in [4.78, 5) is 0.267. The molecule has 0 aliphatic heterocycles. The van der Waals surface area contributed by atoms with Gasteiger partial charge in [-0.2, -0.15) is 0 Å². The van der Waals surface area contributed by atoms with E-state index in [-0.39, 0.29) is 17.0 Å². The molecule has 0 radical (unpaired) electrons. The molecule has 6 heteroatoms. The van der Waals surface area contributed by atoms with Crippen LogP contribution >= 0.6 is 0 Å². The lowest BCUT2D eigenvalue weighted by atomic mass is 9.93. The predicted octanol–water partition coefficient (Wildman–Crippen LogP) is 1.24. The molecule has 1 aliphatic carbocycles. The van der Waals surface area contributed by atoms with Gasteiger partial charge in [-0.25, -0.2) is 13.1 Å². The number of rotatable bonds is 4. The van der Waals surface area contributed by atoms with Gasteiger partial charge < -0.3 is 10.5 Å². The van der Waals surface area contributed by atoms with Gasteiger partial charge in [0.2, 0.25) is 10.0 Å². The molecule has 0 amide bonds. The zero-order valence-corrected chi connectivity index (χ0v) is 11.8. The number of sulfonamides is 1. The van der Waals surface area contributed by atoms with Crippen molar-refractivity contribution in [2.24, 2.45) is 5.73 Å². The van der Waals surface area contributed by atoms with Crippen molar-refractivity contribution in [3.8, 4) is 5.75 Å². The summed E-state index contributed by atoms with van der Waals surface area (Å²) in [6.45, 7) is 0. The minimum Gasteiger partial charge on any atom is -0.497 e. The molecule has 106 valence electrons. The number of hydrogen-bond acceptors (Lipinski definition) is 4. The fourth-order valence-electron chi connectivity index (χ4n) is 2.28. The summed E-state index contributed by atoms with van der Waals surface area (Å²) >= 11 is 0. The van der Waals surface area contributed by atoms with Crippen molar-refractivity contribution in [2.45, 2.75) is 42.7 Å². The molecule has 1 fully saturated rings. The van der Waals surface area contributed by atoms with Gasteiger partial charge in [0.25, 0.3) is 0 Å². The van der Waals surface area contributed by atoms with Crippen molar-refractivity contribution in [1.82, 2.24) is 4.72 Å². The number of nitrogens with two attached hydrogens (primary N) is 1. The Hall–Kier alpha value is -1.11. The van der Waals surface area contributed by atoms with Crippen LogP contribution in [0.5, 0.6) is 5.75 Å². The summed E-state index contributed by atoms with van der Waals surface area (Å²) in [6, 6.07) is 6.59. The highest BCUT2D eigenvalue weighted by Crippen LogP contribution is 2.20. The maximum atomic E-state index is 12.2. The zero-order valence-electron chi connectivity index (χ0n) is 11.0. The van der Waals surface area contributed by atoms with Crippen molar-refractivity contribution in [1.29, 1.82) is 0 Å². The van der Waals surface area contributed by atoms with E-state index in [1.165, 1.54) is 0 Å². The van der Waals surface area contributed by atoms with E-state index in [4.69, 9.17) is 10.5 Å². The smallest absolute Gasteiger partial charge is 0.240 e. The molecular formula is C13H20N2O3S. The van der Waals surface area contributed by atoms with Gasteiger partial charge in [0.1, 0.15) is 5.75 Å². The van der Waals surface area contributed by atoms with E-state index in [2.05, 4.69) is 4.72 Å². The average Bonchev–Trinajstić information content (AvgIpc) is 2.41. The first-order valence-corrected chi connectivity index (χ1v) is 7.91. The normalized spacial score (nSPS) is 24.1. The standard InChI is InChI=1S/C13H20N2O3S/c1-18-12-6-8-13(9-7-12)19(16,17)15-11-4-2-10(14)3-5-11/h6-11,15H,2-5,14H2,1H3. The molecule has 1 aromatic rings. The Morgan fingerprint density at radius 1 is 1.16 bits per heavy atom. The number of nitrogens with one attached hydrogen (secondary N) is 1. The van der Waals surface area contributed by atoms with Crippen LogP contribution < -0.4 is 15.2 Å². The molecule has 19 heavy (non-hydrogen) atoms. The summed E-state index contributed by atoms with van der Waals surface area (Å²) < 4.78 is 32.2. The van der Waals surface area contributed by atoms with Crippen LogP contribution in [0.2, 0.25) is 0 Å². The summed E-state index contributed by atoms with van der Waals surface area (Å²) in [5, 5.41) is 0. The van der Waals surface area contributed by atoms with E-state index in [0.717, 1.165) is 25.7 Å². The lowest BCUT2D eigenvalue weighted by molar-refractivity contribution is 0.373. The summed E-state index contributed by atoms with van der Waals surface area (Å²) in [7, 11) is -1.90. The molecule has 0 unspecified atom stereocenters. The van der Waals surface area contributed by atoms with Crippen LogP contribution in [0.4, 0.5) is 0 Å². The third-order valence-corrected chi connectivity index (χ3v) is 5.00. The number of benzene rings is 1. The number of ether oxygens (including phenoxy) is 1. The highest BCUT2D eigenvalue weighted by Gasteiger charge is 2.24. The molecule has 3 N–H and O–H groups in total. The predicted molar refractivity (Wildman–Crippen MR) is 73.5 cm³/mol. The minimum atomic E-state index is -3.45. The molecule has 0 heterocycles. The quantitative estimate of drug-likeness (QED) is 0.871. The first-order chi connectivity index (χ1) is 9.01. The first-order valence-electron chi connectivity index (χ1n) is 6.43. The Kier molecular flexibility index (Phi) is 4.44. The van der Waals surface area contributed by atoms with Gasteiger partial charge in [0.05, 0.1) is 12.0 Å². The van der Waals surface area contributed by atoms with Gasteiger partial charge in [-0.05, 0) is 49.9 Å². The van der Waals surface area contributed by atoms with E-state index in [1.807, 2.05) is 0 Å². The number of methoxy groups -OCH3 is 1. The van der Waals surface area contributed by atoms with Crippen LogP contribution in [-0.2, 0) is 10.0 Å². The molecular weight excluding hydrogens is 264 g/mol. The van der Waals surface area contributed by atoms with Gasteiger partial charge in [-0.15, -0.1) is 0 Å². The monoisotopic (exact) mass is 284 g/mol. The van der Waals surface area contributed by atoms with Crippen molar-refractivity contribution in [2.75, 3.05) is 7.11 Å². The van der Waals surface area contributed by atoms with Crippen LogP contribution in [-0.4, -0.2) is 27.6 Å². The Balaban J connectivity index is 2.05. The van der Waals surface area contributed by atoms with Crippen molar-refractivity contribution < 1.29 is 13.2 Å². The maximum absolute atomic E-state index is 12.2. The van der Waals surface area contributed by atoms with Crippen LogP contribution in [0.15, 0.2) is 29.2 Å². The van der Waals surface area contributed by atoms with Gasteiger partial charge in [-0.1, -0.05) is 0 Å². The Bertz CT molecular complexity index is 505. The third-order valence-electron chi connectivity index (χ3n) is 3.46. The summed E-state index contributed by atoms with van der Waals surface area (Å²) in [5.41, 5.74) is 5.81. The topological polar surface area (TPSA) is 81.4 Å². The molecule has 1 aliphatic rings. The fraction of sp³-hybridized carbons (Fsp3) is 0.538. The van der Waals surface area contributed by atoms with Gasteiger partial charge in [0, 0.05) is 12.1 Å². The van der Waals surface area contributed by atoms with Gasteiger partial charge >= 0.3 is 0 Å². The van der Waals surface area contributed by atoms with Gasteiger partial charge in [0.15, 0.2) is 0 Å². The second-order valence-corrected chi connectivity index (χ2v) is 6.62. The molecule has 0 saturated heterocycles. The minimum absolute atomic E-state index is 0.00750. The van der Waals surface area contributed by atoms with Crippen LogP contribution in [0.25, 0.3) is 0 Å². The Morgan fingerprint density at radius 3 is 2.26 bits per heavy atom. The van der Waals surface area contributed by atoms with E-state index >= 15 is 0 Å². The average molecular weight is 284 g/mol. The van der Waals surface area contributed by atoms with Crippen LogP contribution in [0.1, 0.15) is 25.7 Å². The first kappa shape index (κ1) is 14.3. The highest BCUT2D eigenvalue weighted by molar-refractivity contribution is 7.89. The Labute approximate surface area is 114 Å². The largest absolute Gasteiger partial charge is 0.497 e. The zero-order chi connectivity index (χ0) is 13.9. The maximum Gasteiger partial charge on any atom is 0.240 e. The molecule has 0 spiro atoms. The molecule has 0 atom stereocenters. The molecule has 0 bridgehead atoms. The molecule has 5 nitrogen and oxygen atoms in total. The fourth-order valence-corrected chi connectivity index (χ4v) is 3.58. The van der Waals surface area contributed by atoms with Crippen LogP contribution in [0.3, 0.4) is 0 Å². The van der Waals surface area contributed by atoms with Crippen molar-refractivity contribution in [3.05, 3.63) is 24.3 Å². The SMILES string of the molecule is COc1ccc(S(=O)(=O)NC2CCC(N)CC2)cc1. The van der Waals surface area contributed by atoms with E-state index in [0.29, 0.717) is 5.75 Å². The van der Waals surface area contributed by atoms with Crippen molar-refractivity contribution >= 4 is 10.0 Å². The summed E-state index contributed by atoms with van der Waals surface area (Å²) in [5.74, 6) is 0.641. The molecule has 1 saturated carbocycles. The lowest BCUT2D eigenvalue weighted by Gasteiger charge is -2.26. The molecule has 2 rings (SSSR count). The lowest BCUT2D eigenvalue weighted by Crippen LogP contribution is -2.40. The van der Waals surface area contributed by atoms with Gasteiger partial charge in [-0.3, -0.25) is 0 Å². The second-order valence-electron chi connectivity index (χ2n) is 4.91. The van der Waals surface area contributed by atoms with Crippen molar-refractivity contribution in [3.63, 3.8) is 0 Å². The second kappa shape index (κ2) is 5.90. The molecule has 0 aromatic heterocycles. The van der Waals surface area contributed by atoms with E-state index in [1.54, 1.807) is 31.4 Å². The molecule has 1 aromatic carbocycles. The third kappa shape index (κ3) is 3.68. The summed E-state index contributed by atoms with van der Waals surface area (Å²) in [6.07, 6.45) is 3.35. The van der Waals surface area contributed by atoms with Crippen LogP contribution in [0, 0.1) is 0 Å². The van der Waals surface area contributed by atoms with E-state index in [9.17, 15) is 8.42 Å². The Morgan fingerprint density at radius 2 is 1.74 bits per heavy atom. The highest BCUT2D eigenvalue weighted by atomic mass is 32.2. The number of hydrogen-bond donors (Lipinski definition) is 2.